The molecule has 0 radical (unpaired) electrons. The Labute approximate surface area is 124 Å². The van der Waals surface area contributed by atoms with Crippen molar-refractivity contribution < 1.29 is 17.3 Å². The maximum Gasteiger partial charge on any atom is 0.297 e. The van der Waals surface area contributed by atoms with Crippen molar-refractivity contribution in [3.8, 4) is 0 Å². The fourth-order valence-corrected chi connectivity index (χ4v) is 3.19. The van der Waals surface area contributed by atoms with Crippen LogP contribution in [0.5, 0.6) is 0 Å². The van der Waals surface area contributed by atoms with Crippen molar-refractivity contribution in [2.75, 3.05) is 6.61 Å². The standard InChI is InChI=1S/C16H16O4S/c1-12-7-9-14(10-8-12)21(17,18)20-16(15-11-19-15)13-5-3-2-4-6-13/h2-10,15-16H,11H2,1H3. The predicted octanol–water partition coefficient (Wildman–Crippen LogP) is 2.84. The van der Waals surface area contributed by atoms with Crippen molar-refractivity contribution in [3.05, 3.63) is 65.7 Å². The van der Waals surface area contributed by atoms with Gasteiger partial charge in [-0.1, -0.05) is 48.0 Å². The molecule has 21 heavy (non-hydrogen) atoms. The SMILES string of the molecule is Cc1ccc(S(=O)(=O)OC(c2ccccc2)C2CO2)cc1. The van der Waals surface area contributed by atoms with Gasteiger partial charge in [0.05, 0.1) is 11.5 Å². The van der Waals surface area contributed by atoms with Gasteiger partial charge in [-0.15, -0.1) is 0 Å². The molecular formula is C16H16O4S. The van der Waals surface area contributed by atoms with Gasteiger partial charge in [0.1, 0.15) is 12.2 Å². The van der Waals surface area contributed by atoms with Crippen LogP contribution in [0.4, 0.5) is 0 Å². The molecule has 3 rings (SSSR count). The van der Waals surface area contributed by atoms with Crippen LogP contribution in [-0.2, 0) is 19.0 Å². The van der Waals surface area contributed by atoms with Gasteiger partial charge >= 0.3 is 0 Å². The zero-order valence-electron chi connectivity index (χ0n) is 11.6. The van der Waals surface area contributed by atoms with E-state index in [2.05, 4.69) is 0 Å². The van der Waals surface area contributed by atoms with Crippen molar-refractivity contribution >= 4 is 10.1 Å². The van der Waals surface area contributed by atoms with Crippen LogP contribution in [0.25, 0.3) is 0 Å². The molecule has 0 spiro atoms. The smallest absolute Gasteiger partial charge is 0.297 e. The lowest BCUT2D eigenvalue weighted by Gasteiger charge is -2.16. The van der Waals surface area contributed by atoms with E-state index in [1.807, 2.05) is 37.3 Å². The van der Waals surface area contributed by atoms with Crippen LogP contribution >= 0.6 is 0 Å². The molecule has 1 saturated heterocycles. The van der Waals surface area contributed by atoms with Gasteiger partial charge in [-0.05, 0) is 24.6 Å². The zero-order chi connectivity index (χ0) is 14.9. The van der Waals surface area contributed by atoms with E-state index in [4.69, 9.17) is 8.92 Å². The molecule has 2 unspecified atom stereocenters. The molecule has 5 heteroatoms. The van der Waals surface area contributed by atoms with Crippen molar-refractivity contribution in [2.24, 2.45) is 0 Å². The number of ether oxygens (including phenoxy) is 1. The molecule has 1 aliphatic heterocycles. The van der Waals surface area contributed by atoms with Gasteiger partial charge in [-0.25, -0.2) is 0 Å². The number of aryl methyl sites for hydroxylation is 1. The third kappa shape index (κ3) is 3.32. The minimum absolute atomic E-state index is 0.162. The van der Waals surface area contributed by atoms with Gasteiger partial charge in [0.15, 0.2) is 0 Å². The summed E-state index contributed by atoms with van der Waals surface area (Å²) in [6, 6.07) is 15.9. The first kappa shape index (κ1) is 14.3. The molecule has 1 aliphatic rings. The molecule has 4 nitrogen and oxygen atoms in total. The summed E-state index contributed by atoms with van der Waals surface area (Å²) < 4.78 is 35.4. The number of hydrogen-bond acceptors (Lipinski definition) is 4. The summed E-state index contributed by atoms with van der Waals surface area (Å²) >= 11 is 0. The van der Waals surface area contributed by atoms with E-state index in [-0.39, 0.29) is 11.0 Å². The zero-order valence-corrected chi connectivity index (χ0v) is 12.4. The van der Waals surface area contributed by atoms with E-state index in [1.165, 1.54) is 0 Å². The maximum absolute atomic E-state index is 12.4. The fraction of sp³-hybridized carbons (Fsp3) is 0.250. The second-order valence-corrected chi connectivity index (χ2v) is 6.64. The number of rotatable bonds is 5. The molecule has 1 fully saturated rings. The summed E-state index contributed by atoms with van der Waals surface area (Å²) in [4.78, 5) is 0.162. The summed E-state index contributed by atoms with van der Waals surface area (Å²) in [6.07, 6.45) is -0.801. The molecule has 110 valence electrons. The number of benzene rings is 2. The molecule has 0 saturated carbocycles. The third-order valence-corrected chi connectivity index (χ3v) is 4.68. The topological polar surface area (TPSA) is 55.9 Å². The van der Waals surface area contributed by atoms with Crippen molar-refractivity contribution in [1.29, 1.82) is 0 Å². The Bertz CT molecular complexity index is 704. The second-order valence-electron chi connectivity index (χ2n) is 5.07. The predicted molar refractivity (Wildman–Crippen MR) is 78.4 cm³/mol. The lowest BCUT2D eigenvalue weighted by atomic mass is 10.1. The van der Waals surface area contributed by atoms with E-state index in [0.29, 0.717) is 6.61 Å². The van der Waals surface area contributed by atoms with Crippen LogP contribution in [0.2, 0.25) is 0 Å². The van der Waals surface area contributed by atoms with Crippen LogP contribution in [0, 0.1) is 6.92 Å². The van der Waals surface area contributed by atoms with Crippen LogP contribution in [0.3, 0.4) is 0 Å². The average molecular weight is 304 g/mol. The highest BCUT2D eigenvalue weighted by Crippen LogP contribution is 2.33. The van der Waals surface area contributed by atoms with Crippen molar-refractivity contribution in [1.82, 2.24) is 0 Å². The van der Waals surface area contributed by atoms with Crippen LogP contribution < -0.4 is 0 Å². The van der Waals surface area contributed by atoms with Crippen LogP contribution in [0.15, 0.2) is 59.5 Å². The van der Waals surface area contributed by atoms with E-state index in [1.54, 1.807) is 24.3 Å². The summed E-state index contributed by atoms with van der Waals surface area (Å²) in [5.41, 5.74) is 1.80. The molecule has 2 aromatic carbocycles. The Kier molecular flexibility index (Phi) is 3.80. The van der Waals surface area contributed by atoms with Gasteiger partial charge in [0, 0.05) is 0 Å². The lowest BCUT2D eigenvalue weighted by Crippen LogP contribution is -2.17. The highest BCUT2D eigenvalue weighted by molar-refractivity contribution is 7.86. The van der Waals surface area contributed by atoms with E-state index in [9.17, 15) is 8.42 Å². The Hall–Kier alpha value is -1.69. The van der Waals surface area contributed by atoms with Crippen molar-refractivity contribution in [3.63, 3.8) is 0 Å². The van der Waals surface area contributed by atoms with Crippen molar-refractivity contribution in [2.45, 2.75) is 24.0 Å². The highest BCUT2D eigenvalue weighted by atomic mass is 32.2. The number of hydrogen-bond donors (Lipinski definition) is 0. The minimum atomic E-state index is -3.81. The minimum Gasteiger partial charge on any atom is -0.370 e. The van der Waals surface area contributed by atoms with Gasteiger partial charge < -0.3 is 4.74 Å². The first-order valence-electron chi connectivity index (χ1n) is 6.73. The molecule has 0 amide bonds. The van der Waals surface area contributed by atoms with Gasteiger partial charge in [0.25, 0.3) is 10.1 Å². The highest BCUT2D eigenvalue weighted by Gasteiger charge is 2.38. The van der Waals surface area contributed by atoms with E-state index >= 15 is 0 Å². The molecule has 1 heterocycles. The normalized spacial score (nSPS) is 19.2. The van der Waals surface area contributed by atoms with Gasteiger partial charge in [-0.3, -0.25) is 4.18 Å². The first-order chi connectivity index (χ1) is 10.1. The largest absolute Gasteiger partial charge is 0.370 e. The first-order valence-corrected chi connectivity index (χ1v) is 8.13. The Balaban J connectivity index is 1.87. The molecule has 2 aromatic rings. The maximum atomic E-state index is 12.4. The fourth-order valence-electron chi connectivity index (χ4n) is 2.10. The number of epoxide rings is 1. The molecule has 0 bridgehead atoms. The van der Waals surface area contributed by atoms with E-state index in [0.717, 1.165) is 11.1 Å². The third-order valence-electron chi connectivity index (χ3n) is 3.36. The molecular weight excluding hydrogens is 288 g/mol. The Morgan fingerprint density at radius 1 is 1.10 bits per heavy atom. The quantitative estimate of drug-likeness (QED) is 0.629. The summed E-state index contributed by atoms with van der Waals surface area (Å²) in [6.45, 7) is 2.42. The van der Waals surface area contributed by atoms with Gasteiger partial charge in [-0.2, -0.15) is 8.42 Å². The molecule has 2 atom stereocenters. The van der Waals surface area contributed by atoms with Gasteiger partial charge in [0.2, 0.25) is 0 Å². The molecule has 0 N–H and O–H groups in total. The van der Waals surface area contributed by atoms with E-state index < -0.39 is 16.2 Å². The van der Waals surface area contributed by atoms with Crippen LogP contribution in [0.1, 0.15) is 17.2 Å². The molecule has 0 aliphatic carbocycles. The Morgan fingerprint density at radius 3 is 2.29 bits per heavy atom. The lowest BCUT2D eigenvalue weighted by molar-refractivity contribution is 0.168. The summed E-state index contributed by atoms with van der Waals surface area (Å²) in [5, 5.41) is 0. The second kappa shape index (κ2) is 5.60. The Morgan fingerprint density at radius 2 is 1.71 bits per heavy atom. The molecule has 0 aromatic heterocycles. The monoisotopic (exact) mass is 304 g/mol. The average Bonchev–Trinajstić information content (AvgIpc) is 3.31. The summed E-state index contributed by atoms with van der Waals surface area (Å²) in [5.74, 6) is 0. The van der Waals surface area contributed by atoms with Crippen LogP contribution in [-0.4, -0.2) is 21.1 Å². The summed E-state index contributed by atoms with van der Waals surface area (Å²) in [7, 11) is -3.81.